The van der Waals surface area contributed by atoms with Gasteiger partial charge in [-0.15, -0.1) is 0 Å². The number of amides is 4. The van der Waals surface area contributed by atoms with E-state index in [1.807, 2.05) is 5.32 Å². The normalized spacial score (nSPS) is 8.33. The van der Waals surface area contributed by atoms with Gasteiger partial charge in [-0.1, -0.05) is 5.23 Å². The number of nitrogens with zero attached hydrogens (tertiary/aromatic N) is 2. The average molecular weight is 228 g/mol. The fourth-order valence-electron chi connectivity index (χ4n) is 0.242. The fraction of sp³-hybridized carbons (Fsp3) is 0.500. The molecule has 0 saturated carbocycles. The summed E-state index contributed by atoms with van der Waals surface area (Å²) in [4.78, 5) is 19.6. The van der Waals surface area contributed by atoms with Crippen LogP contribution in [0.2, 0.25) is 0 Å². The number of urea groups is 2. The van der Waals surface area contributed by atoms with Gasteiger partial charge in [0.25, 0.3) is 0 Å². The average Bonchev–Trinajstić information content (AvgIpc) is 2.16. The van der Waals surface area contributed by atoms with Gasteiger partial charge in [0.15, 0.2) is 0 Å². The van der Waals surface area contributed by atoms with Crippen molar-refractivity contribution in [3.8, 4) is 0 Å². The zero-order valence-electron chi connectivity index (χ0n) is 7.44. The molecule has 15 heavy (non-hydrogen) atoms. The van der Waals surface area contributed by atoms with Crippen LogP contribution in [-0.2, 0) is 0 Å². The zero-order valence-corrected chi connectivity index (χ0v) is 7.44. The molecule has 0 aliphatic heterocycles. The number of hydroxylamine groups is 4. The van der Waals surface area contributed by atoms with E-state index >= 15 is 0 Å². The number of aliphatic hydroxyl groups excluding tert-OH is 2. The molecule has 0 bridgehead atoms. The number of carbonyl (C=O) groups is 2. The van der Waals surface area contributed by atoms with Gasteiger partial charge in [0.1, 0.15) is 13.5 Å². The maximum absolute atomic E-state index is 10.0. The second-order valence-electron chi connectivity index (χ2n) is 1.81. The summed E-state index contributed by atoms with van der Waals surface area (Å²) in [6.45, 7) is -1.40. The third-order valence-electron chi connectivity index (χ3n) is 0.779. The molecule has 0 atom stereocenters. The maximum Gasteiger partial charge on any atom is 0.395 e. The summed E-state index contributed by atoms with van der Waals surface area (Å²) < 4.78 is 0. The molecule has 8 N–H and O–H groups in total. The number of nitrogens with two attached hydrogens (primary N) is 1. The first kappa shape index (κ1) is 15.8. The number of primary amides is 1. The minimum absolute atomic E-state index is 0.292. The van der Waals surface area contributed by atoms with Crippen LogP contribution in [0.4, 0.5) is 9.59 Å². The van der Waals surface area contributed by atoms with Gasteiger partial charge >= 0.3 is 12.1 Å². The van der Waals surface area contributed by atoms with Crippen LogP contribution in [0.1, 0.15) is 0 Å². The minimum Gasteiger partial charge on any atom is -0.376 e. The van der Waals surface area contributed by atoms with Crippen molar-refractivity contribution in [1.82, 2.24) is 15.6 Å². The van der Waals surface area contributed by atoms with Gasteiger partial charge in [-0.2, -0.15) is 5.06 Å². The molecule has 0 spiro atoms. The predicted molar refractivity (Wildman–Crippen MR) is 41.3 cm³/mol. The van der Waals surface area contributed by atoms with Gasteiger partial charge in [0, 0.05) is 0 Å². The second kappa shape index (κ2) is 8.92. The molecule has 0 unspecified atom stereocenters. The second-order valence-corrected chi connectivity index (χ2v) is 1.81. The monoisotopic (exact) mass is 228 g/mol. The molecule has 4 amide bonds. The van der Waals surface area contributed by atoms with Crippen molar-refractivity contribution in [2.45, 2.75) is 0 Å². The minimum atomic E-state index is -1.53. The van der Waals surface area contributed by atoms with E-state index in [4.69, 9.17) is 25.8 Å². The summed E-state index contributed by atoms with van der Waals surface area (Å²) in [5.74, 6) is 0. The molecule has 11 nitrogen and oxygen atoms in total. The Kier molecular flexibility index (Phi) is 9.39. The summed E-state index contributed by atoms with van der Waals surface area (Å²) >= 11 is 0. The predicted octanol–water partition coefficient (Wildman–Crippen LogP) is -2.57. The lowest BCUT2D eigenvalue weighted by Crippen LogP contribution is -2.37. The van der Waals surface area contributed by atoms with Gasteiger partial charge in [-0.3, -0.25) is 15.6 Å². The Morgan fingerprint density at radius 3 is 1.73 bits per heavy atom. The van der Waals surface area contributed by atoms with Gasteiger partial charge in [-0.05, 0) is 0 Å². The number of hydrogen-bond donors (Lipinski definition) is 7. The molecular formula is C4H12N4O7. The first-order chi connectivity index (χ1) is 6.86. The Morgan fingerprint density at radius 1 is 1.20 bits per heavy atom. The van der Waals surface area contributed by atoms with Crippen molar-refractivity contribution in [1.29, 1.82) is 0 Å². The molecule has 0 aromatic rings. The fourth-order valence-corrected chi connectivity index (χ4v) is 0.242. The molecule has 0 fully saturated rings. The molecular weight excluding hydrogens is 216 g/mol. The van der Waals surface area contributed by atoms with Gasteiger partial charge in [-0.25, -0.2) is 9.59 Å². The van der Waals surface area contributed by atoms with Crippen LogP contribution in [0, 0.1) is 0 Å². The Balaban J connectivity index is 0. The van der Waals surface area contributed by atoms with Crippen molar-refractivity contribution in [3.05, 3.63) is 0 Å². The van der Waals surface area contributed by atoms with E-state index in [2.05, 4.69) is 5.73 Å². The first-order valence-corrected chi connectivity index (χ1v) is 3.30. The van der Waals surface area contributed by atoms with E-state index in [0.29, 0.717) is 0 Å². The van der Waals surface area contributed by atoms with E-state index in [1.165, 1.54) is 0 Å². The lowest BCUT2D eigenvalue weighted by atomic mass is 10.9. The molecule has 0 aromatic carbocycles. The number of rotatable bonds is 2. The number of nitrogens with one attached hydrogen (secondary N) is 1. The van der Waals surface area contributed by atoms with Crippen molar-refractivity contribution >= 4 is 12.1 Å². The quantitative estimate of drug-likeness (QED) is 0.154. The van der Waals surface area contributed by atoms with Crippen LogP contribution in [0.5, 0.6) is 0 Å². The van der Waals surface area contributed by atoms with Gasteiger partial charge in [0.2, 0.25) is 0 Å². The smallest absolute Gasteiger partial charge is 0.376 e. The molecule has 0 saturated heterocycles. The van der Waals surface area contributed by atoms with E-state index in [-0.39, 0.29) is 5.06 Å². The number of carbonyl (C=O) groups excluding carboxylic acids is 2. The van der Waals surface area contributed by atoms with Crippen LogP contribution >= 0.6 is 0 Å². The highest BCUT2D eigenvalue weighted by molar-refractivity contribution is 5.71. The third kappa shape index (κ3) is 10.3. The third-order valence-corrected chi connectivity index (χ3v) is 0.779. The molecule has 0 aliphatic carbocycles. The van der Waals surface area contributed by atoms with Gasteiger partial charge < -0.3 is 21.3 Å². The van der Waals surface area contributed by atoms with E-state index in [1.54, 1.807) is 0 Å². The topological polar surface area (TPSA) is 180 Å². The van der Waals surface area contributed by atoms with E-state index in [9.17, 15) is 9.59 Å². The summed E-state index contributed by atoms with van der Waals surface area (Å²) in [7, 11) is 0. The highest BCUT2D eigenvalue weighted by atomic mass is 16.8. The number of aliphatic hydroxyl groups is 2. The van der Waals surface area contributed by atoms with Crippen LogP contribution in [-0.4, -0.2) is 61.6 Å². The van der Waals surface area contributed by atoms with Crippen LogP contribution in [0.3, 0.4) is 0 Å². The number of hydrogen-bond acceptors (Lipinski definition) is 7. The molecule has 11 heteroatoms. The van der Waals surface area contributed by atoms with Crippen LogP contribution in [0.15, 0.2) is 0 Å². The van der Waals surface area contributed by atoms with Crippen molar-refractivity contribution in [2.24, 2.45) is 5.73 Å². The molecule has 0 aromatic heterocycles. The van der Waals surface area contributed by atoms with E-state index < -0.39 is 30.8 Å². The molecule has 0 radical (unpaired) electrons. The van der Waals surface area contributed by atoms with Crippen molar-refractivity contribution < 1.29 is 35.4 Å². The first-order valence-electron chi connectivity index (χ1n) is 3.30. The largest absolute Gasteiger partial charge is 0.395 e. The Morgan fingerprint density at radius 2 is 1.67 bits per heavy atom. The highest BCUT2D eigenvalue weighted by Crippen LogP contribution is 1.85. The Bertz CT molecular complexity index is 197. The summed E-state index contributed by atoms with van der Waals surface area (Å²) in [6, 6.07) is -2.24. The SMILES string of the molecule is NC(=O)NCO.O=C(N(O)O)N(O)CO. The maximum atomic E-state index is 10.0. The molecule has 90 valence electrons. The van der Waals surface area contributed by atoms with E-state index in [0.717, 1.165) is 0 Å². The molecule has 0 rings (SSSR count). The van der Waals surface area contributed by atoms with Gasteiger partial charge in [0.05, 0.1) is 0 Å². The summed E-state index contributed by atoms with van der Waals surface area (Å²) in [5, 5.41) is 40.4. The lowest BCUT2D eigenvalue weighted by Gasteiger charge is -2.12. The van der Waals surface area contributed by atoms with Crippen molar-refractivity contribution in [3.63, 3.8) is 0 Å². The van der Waals surface area contributed by atoms with Crippen LogP contribution in [0.25, 0.3) is 0 Å². The zero-order chi connectivity index (χ0) is 12.4. The summed E-state index contributed by atoms with van der Waals surface area (Å²) in [6.07, 6.45) is 0. The standard InChI is InChI=1S/C2H6N2O5.C2H6N2O2/c5-1-3(7)2(6)4(8)9;3-2(6)4-1-5/h5,7-9H,1H2;5H,1H2,(H3,3,4,6). The Labute approximate surface area is 83.4 Å². The summed E-state index contributed by atoms with van der Waals surface area (Å²) in [5.41, 5.74) is 4.49. The van der Waals surface area contributed by atoms with Crippen LogP contribution < -0.4 is 11.1 Å². The highest BCUT2D eigenvalue weighted by Gasteiger charge is 2.13. The molecule has 0 heterocycles. The van der Waals surface area contributed by atoms with Crippen molar-refractivity contribution in [2.75, 3.05) is 13.5 Å². The lowest BCUT2D eigenvalue weighted by molar-refractivity contribution is -0.281. The Hall–Kier alpha value is -1.66. The molecule has 0 aliphatic rings.